The summed E-state index contributed by atoms with van der Waals surface area (Å²) >= 11 is 0. The van der Waals surface area contributed by atoms with Crippen LogP contribution in [0.15, 0.2) is 35.3 Å². The lowest BCUT2D eigenvalue weighted by molar-refractivity contribution is -0.132. The molecule has 1 aliphatic rings. The second kappa shape index (κ2) is 10.4. The van der Waals surface area contributed by atoms with Crippen molar-refractivity contribution in [2.75, 3.05) is 40.8 Å². The second-order valence-electron chi connectivity index (χ2n) is 10.4. The van der Waals surface area contributed by atoms with Crippen molar-refractivity contribution in [1.29, 1.82) is 0 Å². The first-order valence-electron chi connectivity index (χ1n) is 12.5. The maximum atomic E-state index is 12.5. The van der Waals surface area contributed by atoms with E-state index >= 15 is 0 Å². The highest BCUT2D eigenvalue weighted by Gasteiger charge is 2.25. The number of rotatable bonds is 7. The minimum absolute atomic E-state index is 0.0319. The van der Waals surface area contributed by atoms with Crippen LogP contribution in [0.3, 0.4) is 0 Å². The molecule has 0 aliphatic carbocycles. The van der Waals surface area contributed by atoms with Crippen LogP contribution in [0.25, 0.3) is 22.2 Å². The molecule has 3 heterocycles. The van der Waals surface area contributed by atoms with Gasteiger partial charge in [0, 0.05) is 55.5 Å². The van der Waals surface area contributed by atoms with E-state index in [1.54, 1.807) is 18.7 Å². The maximum absolute atomic E-state index is 12.5. The molecule has 2 aromatic heterocycles. The van der Waals surface area contributed by atoms with E-state index in [2.05, 4.69) is 37.0 Å². The Labute approximate surface area is 207 Å². The van der Waals surface area contributed by atoms with Gasteiger partial charge in [0.2, 0.25) is 5.91 Å². The molecule has 1 N–H and O–H groups in total. The SMILES string of the molecule is COCc1cc(-c2[nH]c3ccc(C4CCN(C(=O)CN(C)C)CC4)cc3c2C(C)C)cn(C)c1=O. The number of aromatic nitrogens is 2. The fourth-order valence-corrected chi connectivity index (χ4v) is 5.32. The fraction of sp³-hybridized carbons (Fsp3) is 0.500. The lowest BCUT2D eigenvalue weighted by Gasteiger charge is -2.33. The number of nitrogens with one attached hydrogen (secondary N) is 1. The van der Waals surface area contributed by atoms with Crippen molar-refractivity contribution in [2.45, 2.75) is 45.1 Å². The molecule has 0 spiro atoms. The summed E-state index contributed by atoms with van der Waals surface area (Å²) in [5.41, 5.74) is 6.38. The first-order valence-corrected chi connectivity index (χ1v) is 12.5. The number of hydrogen-bond acceptors (Lipinski definition) is 4. The maximum Gasteiger partial charge on any atom is 0.255 e. The van der Waals surface area contributed by atoms with Gasteiger partial charge in [-0.05, 0) is 68.1 Å². The Morgan fingerprint density at radius 3 is 2.54 bits per heavy atom. The molecule has 0 bridgehead atoms. The zero-order valence-corrected chi connectivity index (χ0v) is 21.9. The third-order valence-electron chi connectivity index (χ3n) is 7.06. The number of aryl methyl sites for hydroxylation is 1. The van der Waals surface area contributed by atoms with Crippen LogP contribution < -0.4 is 5.56 Å². The lowest BCUT2D eigenvalue weighted by Crippen LogP contribution is -2.42. The normalized spacial score (nSPS) is 15.0. The van der Waals surface area contributed by atoms with Crippen LogP contribution >= 0.6 is 0 Å². The summed E-state index contributed by atoms with van der Waals surface area (Å²) in [6.45, 7) is 6.81. The summed E-state index contributed by atoms with van der Waals surface area (Å²) in [4.78, 5) is 32.5. The zero-order chi connectivity index (χ0) is 25.3. The lowest BCUT2D eigenvalue weighted by atomic mass is 9.87. The zero-order valence-electron chi connectivity index (χ0n) is 21.9. The summed E-state index contributed by atoms with van der Waals surface area (Å²) < 4.78 is 6.90. The van der Waals surface area contributed by atoms with Crippen LogP contribution in [-0.2, 0) is 23.2 Å². The fourth-order valence-electron chi connectivity index (χ4n) is 5.32. The molecule has 1 aromatic carbocycles. The molecule has 0 atom stereocenters. The average molecular weight is 479 g/mol. The topological polar surface area (TPSA) is 70.6 Å². The van der Waals surface area contributed by atoms with Gasteiger partial charge in [0.25, 0.3) is 5.56 Å². The highest BCUT2D eigenvalue weighted by molar-refractivity contribution is 5.92. The van der Waals surface area contributed by atoms with Crippen molar-refractivity contribution < 1.29 is 9.53 Å². The van der Waals surface area contributed by atoms with Gasteiger partial charge in [-0.3, -0.25) is 9.59 Å². The predicted octanol–water partition coefficient (Wildman–Crippen LogP) is 4.07. The largest absolute Gasteiger partial charge is 0.380 e. The van der Waals surface area contributed by atoms with Gasteiger partial charge >= 0.3 is 0 Å². The summed E-state index contributed by atoms with van der Waals surface area (Å²) in [6.07, 6.45) is 3.87. The Bertz CT molecular complexity index is 1260. The number of amides is 1. The number of piperidine rings is 1. The summed E-state index contributed by atoms with van der Waals surface area (Å²) in [5, 5.41) is 1.24. The van der Waals surface area contributed by atoms with Crippen LogP contribution in [0.1, 0.15) is 55.2 Å². The molecule has 1 amide bonds. The molecule has 35 heavy (non-hydrogen) atoms. The number of aromatic amines is 1. The van der Waals surface area contributed by atoms with Crippen molar-refractivity contribution in [3.05, 3.63) is 57.5 Å². The minimum atomic E-state index is -0.0319. The van der Waals surface area contributed by atoms with E-state index in [9.17, 15) is 9.59 Å². The van der Waals surface area contributed by atoms with E-state index < -0.39 is 0 Å². The second-order valence-corrected chi connectivity index (χ2v) is 10.4. The summed E-state index contributed by atoms with van der Waals surface area (Å²) in [6, 6.07) is 8.70. The van der Waals surface area contributed by atoms with Crippen molar-refractivity contribution in [3.8, 4) is 11.3 Å². The highest BCUT2D eigenvalue weighted by atomic mass is 16.5. The van der Waals surface area contributed by atoms with Gasteiger partial charge in [0.15, 0.2) is 0 Å². The van der Waals surface area contributed by atoms with Gasteiger partial charge in [-0.25, -0.2) is 0 Å². The Morgan fingerprint density at radius 2 is 1.91 bits per heavy atom. The Hall–Kier alpha value is -2.90. The number of methoxy groups -OCH3 is 1. The van der Waals surface area contributed by atoms with Gasteiger partial charge in [0.05, 0.1) is 18.8 Å². The molecular formula is C28H38N4O3. The van der Waals surface area contributed by atoms with Crippen LogP contribution in [0.4, 0.5) is 0 Å². The molecule has 188 valence electrons. The van der Waals surface area contributed by atoms with E-state index in [4.69, 9.17) is 4.74 Å². The van der Waals surface area contributed by atoms with Crippen LogP contribution in [0, 0.1) is 0 Å². The molecule has 4 rings (SSSR count). The van der Waals surface area contributed by atoms with Crippen LogP contribution in [-0.4, -0.2) is 66.1 Å². The molecule has 0 radical (unpaired) electrons. The van der Waals surface area contributed by atoms with Gasteiger partial charge in [-0.1, -0.05) is 19.9 Å². The predicted molar refractivity (Wildman–Crippen MR) is 141 cm³/mol. The number of benzene rings is 1. The van der Waals surface area contributed by atoms with Gasteiger partial charge < -0.3 is 24.1 Å². The number of carbonyl (C=O) groups excluding carboxylic acids is 1. The quantitative estimate of drug-likeness (QED) is 0.556. The summed E-state index contributed by atoms with van der Waals surface area (Å²) in [5.74, 6) is 0.973. The molecule has 3 aromatic rings. The molecule has 0 unspecified atom stereocenters. The van der Waals surface area contributed by atoms with E-state index in [1.165, 1.54) is 16.5 Å². The van der Waals surface area contributed by atoms with Crippen molar-refractivity contribution >= 4 is 16.8 Å². The third kappa shape index (κ3) is 5.21. The van der Waals surface area contributed by atoms with Crippen molar-refractivity contribution in [2.24, 2.45) is 7.05 Å². The first-order chi connectivity index (χ1) is 16.7. The highest BCUT2D eigenvalue weighted by Crippen LogP contribution is 2.38. The number of hydrogen-bond donors (Lipinski definition) is 1. The first kappa shape index (κ1) is 25.2. The van der Waals surface area contributed by atoms with E-state index in [-0.39, 0.29) is 18.1 Å². The molecule has 1 fully saturated rings. The molecule has 7 nitrogen and oxygen atoms in total. The van der Waals surface area contributed by atoms with E-state index in [0.29, 0.717) is 23.9 Å². The van der Waals surface area contributed by atoms with Gasteiger partial charge in [0.1, 0.15) is 0 Å². The van der Waals surface area contributed by atoms with Crippen molar-refractivity contribution in [1.82, 2.24) is 19.4 Å². The van der Waals surface area contributed by atoms with Gasteiger partial charge in [-0.2, -0.15) is 0 Å². The number of ether oxygens (including phenoxy) is 1. The number of H-pyrrole nitrogens is 1. The molecule has 1 saturated heterocycles. The van der Waals surface area contributed by atoms with Crippen LogP contribution in [0.5, 0.6) is 0 Å². The van der Waals surface area contributed by atoms with Gasteiger partial charge in [-0.15, -0.1) is 0 Å². The van der Waals surface area contributed by atoms with E-state index in [1.807, 2.05) is 36.2 Å². The summed E-state index contributed by atoms with van der Waals surface area (Å²) in [7, 11) is 7.27. The number of nitrogens with zero attached hydrogens (tertiary/aromatic N) is 3. The Balaban J connectivity index is 1.67. The number of pyridine rings is 1. The monoisotopic (exact) mass is 478 g/mol. The number of fused-ring (bicyclic) bond motifs is 1. The Kier molecular flexibility index (Phi) is 7.47. The number of likely N-dealkylation sites (tertiary alicyclic amines) is 1. The number of likely N-dealkylation sites (N-methyl/N-ethyl adjacent to an activating group) is 1. The number of carbonyl (C=O) groups is 1. The minimum Gasteiger partial charge on any atom is -0.380 e. The van der Waals surface area contributed by atoms with E-state index in [0.717, 1.165) is 42.7 Å². The molecule has 1 aliphatic heterocycles. The van der Waals surface area contributed by atoms with Crippen LogP contribution in [0.2, 0.25) is 0 Å². The Morgan fingerprint density at radius 1 is 1.20 bits per heavy atom. The molecular weight excluding hydrogens is 440 g/mol. The smallest absolute Gasteiger partial charge is 0.255 e. The third-order valence-corrected chi connectivity index (χ3v) is 7.06. The molecule has 7 heteroatoms. The van der Waals surface area contributed by atoms with Crippen molar-refractivity contribution in [3.63, 3.8) is 0 Å². The average Bonchev–Trinajstić information content (AvgIpc) is 3.21. The standard InChI is InChI=1S/C28H38N4O3/c1-18(2)26-23-14-20(19-9-11-32(12-10-19)25(33)16-30(3)4)7-8-24(23)29-27(26)21-13-22(17-35-6)28(34)31(5)15-21/h7-8,13-15,18-19,29H,9-12,16-17H2,1-6H3. The molecule has 0 saturated carbocycles.